The first kappa shape index (κ1) is 20.6. The van der Waals surface area contributed by atoms with Crippen LogP contribution in [0.25, 0.3) is 0 Å². The van der Waals surface area contributed by atoms with Crippen LogP contribution in [0.3, 0.4) is 0 Å². The van der Waals surface area contributed by atoms with Crippen LogP contribution < -0.4 is 0 Å². The Morgan fingerprint density at radius 1 is 1.27 bits per heavy atom. The first-order chi connectivity index (χ1) is 10.00. The maximum atomic E-state index is 12.2. The van der Waals surface area contributed by atoms with E-state index in [0.717, 1.165) is 13.0 Å². The lowest BCUT2D eigenvalue weighted by atomic mass is 10.2. The Balaban J connectivity index is 5.22. The summed E-state index contributed by atoms with van der Waals surface area (Å²) in [5, 5.41) is 0. The van der Waals surface area contributed by atoms with Crippen molar-refractivity contribution in [1.29, 1.82) is 0 Å². The van der Waals surface area contributed by atoms with Gasteiger partial charge in [-0.15, -0.1) is 0 Å². The lowest BCUT2D eigenvalue weighted by Gasteiger charge is -2.27. The van der Waals surface area contributed by atoms with E-state index in [-0.39, 0.29) is 13.2 Å². The number of nitrogens with zero attached hydrogens (tertiary/aromatic N) is 1. The summed E-state index contributed by atoms with van der Waals surface area (Å²) in [4.78, 5) is 13.0. The molecule has 1 atom stereocenters. The van der Waals surface area contributed by atoms with E-state index in [0.29, 0.717) is 6.42 Å². The highest BCUT2D eigenvalue weighted by Crippen LogP contribution is 2.26. The number of hydrogen-bond donors (Lipinski definition) is 0. The summed E-state index contributed by atoms with van der Waals surface area (Å²) in [5.74, 6) is -0.466. The predicted octanol–water partition coefficient (Wildman–Crippen LogP) is 3.01. The van der Waals surface area contributed by atoms with Gasteiger partial charge in [0.15, 0.2) is 0 Å². The van der Waals surface area contributed by atoms with Crippen LogP contribution >= 0.6 is 0 Å². The summed E-state index contributed by atoms with van der Waals surface area (Å²) in [6, 6.07) is -0.646. The van der Waals surface area contributed by atoms with Crippen molar-refractivity contribution in [3.63, 3.8) is 0 Å². The zero-order valence-corrected chi connectivity index (χ0v) is 13.6. The van der Waals surface area contributed by atoms with Crippen molar-refractivity contribution in [2.24, 2.45) is 0 Å². The fourth-order valence-electron chi connectivity index (χ4n) is 1.65. The number of alkyl halides is 3. The van der Waals surface area contributed by atoms with E-state index in [1.165, 1.54) is 4.90 Å². The van der Waals surface area contributed by atoms with Crippen molar-refractivity contribution >= 4 is 16.2 Å². The number of carbonyl (C=O) groups excluding carboxylic acids is 1. The Morgan fingerprint density at radius 3 is 2.18 bits per heavy atom. The van der Waals surface area contributed by atoms with Gasteiger partial charge >= 0.3 is 21.7 Å². The van der Waals surface area contributed by atoms with Gasteiger partial charge in [-0.3, -0.25) is 0 Å². The molecule has 1 unspecified atom stereocenters. The van der Waals surface area contributed by atoms with Gasteiger partial charge in [-0.25, -0.2) is 4.79 Å². The largest absolute Gasteiger partial charge is 0.534 e. The zero-order chi connectivity index (χ0) is 17.6. The molecule has 10 heteroatoms. The molecule has 0 aromatic heterocycles. The maximum Gasteiger partial charge on any atom is 0.534 e. The van der Waals surface area contributed by atoms with Crippen LogP contribution in [0.15, 0.2) is 11.8 Å². The number of allylic oxidation sites excluding steroid dienone is 1. The molecule has 0 N–H and O–H groups in total. The molecule has 0 aliphatic rings. The normalized spacial score (nSPS) is 14.4. The molecule has 0 saturated carbocycles. The fraction of sp³-hybridized carbons (Fsp3) is 0.750. The van der Waals surface area contributed by atoms with Gasteiger partial charge < -0.3 is 13.8 Å². The minimum atomic E-state index is -5.72. The van der Waals surface area contributed by atoms with Crippen molar-refractivity contribution in [3.05, 3.63) is 11.8 Å². The van der Waals surface area contributed by atoms with Crippen molar-refractivity contribution in [3.8, 4) is 0 Å². The van der Waals surface area contributed by atoms with Crippen LogP contribution in [-0.2, 0) is 19.0 Å². The van der Waals surface area contributed by atoms with Crippen LogP contribution in [0.1, 0.15) is 34.1 Å². The summed E-state index contributed by atoms with van der Waals surface area (Å²) in [6.07, 6.45) is 0.850. The Labute approximate surface area is 128 Å². The minimum Gasteiger partial charge on any atom is -0.450 e. The van der Waals surface area contributed by atoms with Crippen LogP contribution in [0.5, 0.6) is 0 Å². The van der Waals surface area contributed by atoms with Gasteiger partial charge in [-0.2, -0.15) is 21.6 Å². The van der Waals surface area contributed by atoms with Crippen molar-refractivity contribution in [2.45, 2.75) is 45.7 Å². The Morgan fingerprint density at radius 2 is 1.82 bits per heavy atom. The average Bonchev–Trinajstić information content (AvgIpc) is 2.36. The number of halogens is 3. The Hall–Kier alpha value is -1.45. The first-order valence-corrected chi connectivity index (χ1v) is 8.03. The number of amides is 1. The third-order valence-corrected chi connectivity index (χ3v) is 3.66. The second kappa shape index (κ2) is 8.25. The minimum absolute atomic E-state index is 0.146. The first-order valence-electron chi connectivity index (χ1n) is 6.62. The molecule has 1 amide bonds. The molecule has 0 saturated heterocycles. The van der Waals surface area contributed by atoms with Gasteiger partial charge in [0.05, 0.1) is 12.6 Å². The van der Waals surface area contributed by atoms with E-state index >= 15 is 0 Å². The third kappa shape index (κ3) is 5.74. The summed E-state index contributed by atoms with van der Waals surface area (Å²) in [7, 11) is -5.72. The Bertz CT molecular complexity index is 501. The molecule has 0 aliphatic carbocycles. The molecule has 0 spiro atoms. The molecule has 0 rings (SSSR count). The number of hydrogen-bond acceptors (Lipinski definition) is 5. The highest BCUT2D eigenvalue weighted by Gasteiger charge is 2.48. The van der Waals surface area contributed by atoms with E-state index in [1.807, 2.05) is 0 Å². The summed E-state index contributed by atoms with van der Waals surface area (Å²) >= 11 is 0. The van der Waals surface area contributed by atoms with Gasteiger partial charge in [-0.05, 0) is 33.3 Å². The molecule has 0 fully saturated rings. The molecule has 0 bridgehead atoms. The fourth-order valence-corrected chi connectivity index (χ4v) is 2.15. The molecule has 0 heterocycles. The monoisotopic (exact) mass is 347 g/mol. The lowest BCUT2D eigenvalue weighted by Crippen LogP contribution is -2.39. The summed E-state index contributed by atoms with van der Waals surface area (Å²) in [6.45, 7) is 6.43. The molecule has 0 aliphatic heterocycles. The van der Waals surface area contributed by atoms with Crippen LogP contribution in [-0.4, -0.2) is 44.1 Å². The maximum absolute atomic E-state index is 12.2. The van der Waals surface area contributed by atoms with Gasteiger partial charge in [0.2, 0.25) is 0 Å². The van der Waals surface area contributed by atoms with E-state index in [1.54, 1.807) is 20.8 Å². The second-order valence-corrected chi connectivity index (χ2v) is 5.76. The number of carbonyl (C=O) groups is 1. The molecule has 22 heavy (non-hydrogen) atoms. The van der Waals surface area contributed by atoms with Crippen LogP contribution in [0.2, 0.25) is 0 Å². The topological polar surface area (TPSA) is 72.9 Å². The number of ether oxygens (including phenoxy) is 1. The SMILES string of the molecule is CCOC(=O)N(CC)C(/C=C(\C)OS(=O)(=O)C(F)(F)F)CC. The summed E-state index contributed by atoms with van der Waals surface area (Å²) < 4.78 is 67.4. The third-order valence-electron chi connectivity index (χ3n) is 2.61. The number of rotatable bonds is 7. The standard InChI is InChI=1S/C12H20F3NO5S/c1-5-10(16(6-2)11(17)20-7-3)8-9(4)21-22(18,19)12(13,14)15/h8,10H,5-7H2,1-4H3/b9-8+. The van der Waals surface area contributed by atoms with Gasteiger partial charge in [-0.1, -0.05) is 6.92 Å². The highest BCUT2D eigenvalue weighted by atomic mass is 32.2. The van der Waals surface area contributed by atoms with Crippen LogP contribution in [0, 0.1) is 0 Å². The quantitative estimate of drug-likeness (QED) is 0.402. The van der Waals surface area contributed by atoms with E-state index < -0.39 is 33.5 Å². The number of likely N-dealkylation sites (N-methyl/N-ethyl adjacent to an activating group) is 1. The van der Waals surface area contributed by atoms with E-state index in [2.05, 4.69) is 4.18 Å². The summed E-state index contributed by atoms with van der Waals surface area (Å²) in [5.41, 5.74) is -5.50. The molecular formula is C12H20F3NO5S. The van der Waals surface area contributed by atoms with Gasteiger partial charge in [0.1, 0.15) is 5.76 Å². The molecule has 130 valence electrons. The molecular weight excluding hydrogens is 327 g/mol. The highest BCUT2D eigenvalue weighted by molar-refractivity contribution is 7.87. The van der Waals surface area contributed by atoms with Crippen molar-refractivity contribution < 1.29 is 35.3 Å². The average molecular weight is 347 g/mol. The van der Waals surface area contributed by atoms with Gasteiger partial charge in [0.25, 0.3) is 0 Å². The second-order valence-electron chi connectivity index (χ2n) is 4.22. The Kier molecular flexibility index (Phi) is 7.71. The zero-order valence-electron chi connectivity index (χ0n) is 12.8. The molecule has 0 radical (unpaired) electrons. The smallest absolute Gasteiger partial charge is 0.450 e. The van der Waals surface area contributed by atoms with Gasteiger partial charge in [0, 0.05) is 6.54 Å². The van der Waals surface area contributed by atoms with E-state index in [4.69, 9.17) is 4.74 Å². The van der Waals surface area contributed by atoms with Crippen LogP contribution in [0.4, 0.5) is 18.0 Å². The lowest BCUT2D eigenvalue weighted by molar-refractivity contribution is -0.0522. The van der Waals surface area contributed by atoms with Crippen molar-refractivity contribution in [2.75, 3.05) is 13.2 Å². The molecule has 6 nitrogen and oxygen atoms in total. The van der Waals surface area contributed by atoms with E-state index in [9.17, 15) is 26.4 Å². The van der Waals surface area contributed by atoms with Crippen molar-refractivity contribution in [1.82, 2.24) is 4.90 Å². The predicted molar refractivity (Wildman–Crippen MR) is 73.3 cm³/mol. The molecule has 0 aromatic rings. The molecule has 0 aromatic carbocycles.